The highest BCUT2D eigenvalue weighted by molar-refractivity contribution is 5.98. The van der Waals surface area contributed by atoms with E-state index in [2.05, 4.69) is 10.4 Å². The molecule has 0 aromatic carbocycles. The van der Waals surface area contributed by atoms with Gasteiger partial charge in [-0.1, -0.05) is 0 Å². The maximum Gasteiger partial charge on any atom is 0.256 e. The van der Waals surface area contributed by atoms with Crippen LogP contribution in [-0.2, 0) is 7.05 Å². The molecule has 1 amide bonds. The van der Waals surface area contributed by atoms with Gasteiger partial charge >= 0.3 is 0 Å². The molecule has 0 spiro atoms. The van der Waals surface area contributed by atoms with Gasteiger partial charge in [-0.05, 0) is 14.1 Å². The van der Waals surface area contributed by atoms with E-state index < -0.39 is 0 Å². The molecule has 3 N–H and O–H groups in total. The summed E-state index contributed by atoms with van der Waals surface area (Å²) in [7, 11) is 5.60. The van der Waals surface area contributed by atoms with Gasteiger partial charge in [0.25, 0.3) is 5.91 Å². The van der Waals surface area contributed by atoms with Crippen LogP contribution in [0.3, 0.4) is 0 Å². The van der Waals surface area contributed by atoms with E-state index in [-0.39, 0.29) is 5.91 Å². The number of hydrogen-bond donors (Lipinski definition) is 2. The van der Waals surface area contributed by atoms with Crippen LogP contribution in [0.25, 0.3) is 0 Å². The third-order valence-corrected chi connectivity index (χ3v) is 2.07. The maximum atomic E-state index is 11.6. The molecule has 1 heterocycles. The SMILES string of the molecule is CN(C)CCNC(=O)c1cnn(C)c1N. The zero-order chi connectivity index (χ0) is 11.4. The Morgan fingerprint density at radius 1 is 1.67 bits per heavy atom. The van der Waals surface area contributed by atoms with E-state index in [1.54, 1.807) is 7.05 Å². The minimum atomic E-state index is -0.178. The lowest BCUT2D eigenvalue weighted by atomic mass is 10.3. The lowest BCUT2D eigenvalue weighted by Gasteiger charge is -2.09. The predicted octanol–water partition coefficient (Wildman–Crippen LogP) is -0.706. The van der Waals surface area contributed by atoms with Crippen molar-refractivity contribution in [3.8, 4) is 0 Å². The fourth-order valence-electron chi connectivity index (χ4n) is 1.11. The number of carbonyl (C=O) groups excluding carboxylic acids is 1. The lowest BCUT2D eigenvalue weighted by molar-refractivity contribution is 0.0952. The monoisotopic (exact) mass is 211 g/mol. The Morgan fingerprint density at radius 2 is 2.33 bits per heavy atom. The van der Waals surface area contributed by atoms with Crippen molar-refractivity contribution in [2.75, 3.05) is 32.9 Å². The standard InChI is InChI=1S/C9H17N5O/c1-13(2)5-4-11-9(15)7-6-12-14(3)8(7)10/h6H,4-5,10H2,1-3H3,(H,11,15). The molecule has 0 aliphatic rings. The number of anilines is 1. The Hall–Kier alpha value is -1.56. The number of nitrogens with two attached hydrogens (primary N) is 1. The molecular formula is C9H17N5O. The molecule has 0 saturated heterocycles. The highest BCUT2D eigenvalue weighted by atomic mass is 16.1. The number of aryl methyl sites for hydroxylation is 1. The zero-order valence-electron chi connectivity index (χ0n) is 9.32. The lowest BCUT2D eigenvalue weighted by Crippen LogP contribution is -2.31. The van der Waals surface area contributed by atoms with Crippen molar-refractivity contribution in [3.05, 3.63) is 11.8 Å². The van der Waals surface area contributed by atoms with Crippen LogP contribution in [0.5, 0.6) is 0 Å². The van der Waals surface area contributed by atoms with E-state index in [1.165, 1.54) is 10.9 Å². The van der Waals surface area contributed by atoms with Crippen LogP contribution < -0.4 is 11.1 Å². The summed E-state index contributed by atoms with van der Waals surface area (Å²) in [6.45, 7) is 1.39. The highest BCUT2D eigenvalue weighted by Gasteiger charge is 2.12. The number of nitrogen functional groups attached to an aromatic ring is 1. The number of rotatable bonds is 4. The van der Waals surface area contributed by atoms with E-state index in [4.69, 9.17) is 5.73 Å². The summed E-state index contributed by atoms with van der Waals surface area (Å²) in [4.78, 5) is 13.6. The first-order valence-electron chi connectivity index (χ1n) is 4.72. The molecule has 0 aliphatic carbocycles. The molecule has 0 unspecified atom stereocenters. The Morgan fingerprint density at radius 3 is 2.80 bits per heavy atom. The first kappa shape index (κ1) is 11.5. The van der Waals surface area contributed by atoms with Gasteiger partial charge in [-0.15, -0.1) is 0 Å². The Kier molecular flexibility index (Phi) is 3.68. The van der Waals surface area contributed by atoms with Crippen LogP contribution in [0.4, 0.5) is 5.82 Å². The van der Waals surface area contributed by atoms with Gasteiger partial charge in [0, 0.05) is 20.1 Å². The number of nitrogens with zero attached hydrogens (tertiary/aromatic N) is 3. The van der Waals surface area contributed by atoms with E-state index in [9.17, 15) is 4.79 Å². The molecule has 0 fully saturated rings. The second kappa shape index (κ2) is 4.79. The number of aromatic nitrogens is 2. The first-order valence-corrected chi connectivity index (χ1v) is 4.72. The predicted molar refractivity (Wildman–Crippen MR) is 58.5 cm³/mol. The van der Waals surface area contributed by atoms with Crippen molar-refractivity contribution in [3.63, 3.8) is 0 Å². The Labute approximate surface area is 89.0 Å². The van der Waals surface area contributed by atoms with E-state index >= 15 is 0 Å². The second-order valence-corrected chi connectivity index (χ2v) is 3.63. The van der Waals surface area contributed by atoms with Gasteiger partial charge in [-0.3, -0.25) is 9.48 Å². The second-order valence-electron chi connectivity index (χ2n) is 3.63. The van der Waals surface area contributed by atoms with Crippen LogP contribution in [-0.4, -0.2) is 47.8 Å². The number of likely N-dealkylation sites (N-methyl/N-ethyl adjacent to an activating group) is 1. The zero-order valence-corrected chi connectivity index (χ0v) is 9.32. The van der Waals surface area contributed by atoms with Crippen molar-refractivity contribution in [1.82, 2.24) is 20.0 Å². The van der Waals surface area contributed by atoms with Gasteiger partial charge in [0.05, 0.1) is 6.20 Å². The highest BCUT2D eigenvalue weighted by Crippen LogP contribution is 2.08. The van der Waals surface area contributed by atoms with Crippen molar-refractivity contribution < 1.29 is 4.79 Å². The van der Waals surface area contributed by atoms with Crippen LogP contribution in [0.15, 0.2) is 6.20 Å². The third-order valence-electron chi connectivity index (χ3n) is 2.07. The minimum Gasteiger partial charge on any atom is -0.383 e. The number of nitrogens with one attached hydrogen (secondary N) is 1. The van der Waals surface area contributed by atoms with Crippen molar-refractivity contribution in [2.24, 2.45) is 7.05 Å². The Balaban J connectivity index is 2.51. The molecule has 0 saturated carbocycles. The third kappa shape index (κ3) is 2.95. The fraction of sp³-hybridized carbons (Fsp3) is 0.556. The van der Waals surface area contributed by atoms with E-state index in [0.717, 1.165) is 6.54 Å². The first-order chi connectivity index (χ1) is 7.02. The van der Waals surface area contributed by atoms with E-state index in [0.29, 0.717) is 17.9 Å². The topological polar surface area (TPSA) is 76.2 Å². The molecule has 0 bridgehead atoms. The summed E-state index contributed by atoms with van der Waals surface area (Å²) in [6.07, 6.45) is 1.47. The van der Waals surface area contributed by atoms with E-state index in [1.807, 2.05) is 19.0 Å². The number of amides is 1. The van der Waals surface area contributed by atoms with Crippen LogP contribution in [0.1, 0.15) is 10.4 Å². The average molecular weight is 211 g/mol. The summed E-state index contributed by atoms with van der Waals surface area (Å²) in [5.41, 5.74) is 6.09. The number of hydrogen-bond acceptors (Lipinski definition) is 4. The van der Waals surface area contributed by atoms with Crippen LogP contribution in [0, 0.1) is 0 Å². The van der Waals surface area contributed by atoms with Crippen LogP contribution in [0.2, 0.25) is 0 Å². The molecule has 0 radical (unpaired) electrons. The summed E-state index contributed by atoms with van der Waals surface area (Å²) in [5.74, 6) is 0.208. The Bertz CT molecular complexity index is 344. The van der Waals surface area contributed by atoms with Gasteiger partial charge < -0.3 is 16.0 Å². The van der Waals surface area contributed by atoms with Gasteiger partial charge in [0.1, 0.15) is 11.4 Å². The van der Waals surface area contributed by atoms with Crippen molar-refractivity contribution >= 4 is 11.7 Å². The van der Waals surface area contributed by atoms with Gasteiger partial charge in [0.15, 0.2) is 0 Å². The summed E-state index contributed by atoms with van der Waals surface area (Å²) in [5, 5.41) is 6.67. The van der Waals surface area contributed by atoms with Gasteiger partial charge in [-0.25, -0.2) is 0 Å². The molecule has 6 nitrogen and oxygen atoms in total. The number of carbonyl (C=O) groups is 1. The largest absolute Gasteiger partial charge is 0.383 e. The molecule has 0 aliphatic heterocycles. The van der Waals surface area contributed by atoms with Gasteiger partial charge in [-0.2, -0.15) is 5.10 Å². The molecule has 1 aromatic heterocycles. The van der Waals surface area contributed by atoms with Crippen molar-refractivity contribution in [2.45, 2.75) is 0 Å². The molecule has 84 valence electrons. The van der Waals surface area contributed by atoms with Crippen LogP contribution >= 0.6 is 0 Å². The molecule has 1 rings (SSSR count). The smallest absolute Gasteiger partial charge is 0.256 e. The average Bonchev–Trinajstić information content (AvgIpc) is 2.47. The molecule has 6 heteroatoms. The summed E-state index contributed by atoms with van der Waals surface area (Å²) in [6, 6.07) is 0. The normalized spacial score (nSPS) is 10.7. The van der Waals surface area contributed by atoms with Crippen molar-refractivity contribution in [1.29, 1.82) is 0 Å². The maximum absolute atomic E-state index is 11.6. The molecular weight excluding hydrogens is 194 g/mol. The molecule has 1 aromatic rings. The quantitative estimate of drug-likeness (QED) is 0.690. The fourth-order valence-corrected chi connectivity index (χ4v) is 1.11. The molecule has 0 atom stereocenters. The summed E-state index contributed by atoms with van der Waals surface area (Å²) >= 11 is 0. The molecule has 15 heavy (non-hydrogen) atoms. The summed E-state index contributed by atoms with van der Waals surface area (Å²) < 4.78 is 1.47. The van der Waals surface area contributed by atoms with Gasteiger partial charge in [0.2, 0.25) is 0 Å². The minimum absolute atomic E-state index is 0.178.